The molecule has 0 bridgehead atoms. The van der Waals surface area contributed by atoms with Crippen molar-refractivity contribution in [2.45, 2.75) is 0 Å². The molecule has 0 saturated carbocycles. The van der Waals surface area contributed by atoms with Gasteiger partial charge in [0.25, 0.3) is 5.91 Å². The molecule has 8 heteroatoms. The number of thioether (sulfide) groups is 1. The van der Waals surface area contributed by atoms with Gasteiger partial charge in [-0.1, -0.05) is 24.0 Å². The van der Waals surface area contributed by atoms with Crippen LogP contribution in [0.15, 0.2) is 21.5 Å². The molecule has 0 radical (unpaired) electrons. The number of thiocarbonyl (C=S) groups is 1. The van der Waals surface area contributed by atoms with Crippen molar-refractivity contribution < 1.29 is 18.7 Å². The van der Waals surface area contributed by atoms with Crippen LogP contribution in [0.3, 0.4) is 0 Å². The molecule has 1 amide bonds. The van der Waals surface area contributed by atoms with Crippen LogP contribution in [0.4, 0.5) is 5.88 Å². The van der Waals surface area contributed by atoms with E-state index >= 15 is 0 Å². The predicted octanol–water partition coefficient (Wildman–Crippen LogP) is 1.96. The standard InChI is InChI=1S/C15H18N2O4S2/c1-19-7-6-17-14(18)12(23-15(17)22)10-11-2-3-13(21-11)16-4-8-20-9-5-16/h2-3,10H,4-9H2,1H3. The summed E-state index contributed by atoms with van der Waals surface area (Å²) in [5.41, 5.74) is 0. The number of hydrogen-bond acceptors (Lipinski definition) is 7. The number of carbonyl (C=O) groups is 1. The number of furan rings is 1. The SMILES string of the molecule is COCCN1C(=O)C(=Cc2ccc(N3CCOCC3)o2)SC1=S. The first-order valence-corrected chi connectivity index (χ1v) is 8.58. The van der Waals surface area contributed by atoms with Gasteiger partial charge >= 0.3 is 0 Å². The number of methoxy groups -OCH3 is 1. The fourth-order valence-electron chi connectivity index (χ4n) is 2.38. The molecule has 23 heavy (non-hydrogen) atoms. The van der Waals surface area contributed by atoms with Gasteiger partial charge in [-0.2, -0.15) is 0 Å². The molecular formula is C15H18N2O4S2. The van der Waals surface area contributed by atoms with E-state index in [1.807, 2.05) is 12.1 Å². The highest BCUT2D eigenvalue weighted by molar-refractivity contribution is 8.26. The van der Waals surface area contributed by atoms with Crippen LogP contribution in [0.5, 0.6) is 0 Å². The summed E-state index contributed by atoms with van der Waals surface area (Å²) in [7, 11) is 1.60. The summed E-state index contributed by atoms with van der Waals surface area (Å²) in [6.45, 7) is 3.96. The maximum absolute atomic E-state index is 12.4. The molecule has 2 aliphatic rings. The summed E-state index contributed by atoms with van der Waals surface area (Å²) >= 11 is 6.54. The zero-order valence-electron chi connectivity index (χ0n) is 12.8. The van der Waals surface area contributed by atoms with Gasteiger partial charge in [-0.3, -0.25) is 9.69 Å². The molecule has 1 aromatic rings. The van der Waals surface area contributed by atoms with Crippen molar-refractivity contribution in [3.63, 3.8) is 0 Å². The minimum atomic E-state index is -0.0960. The van der Waals surface area contributed by atoms with E-state index in [0.29, 0.717) is 41.4 Å². The van der Waals surface area contributed by atoms with E-state index in [2.05, 4.69) is 4.90 Å². The fraction of sp³-hybridized carbons (Fsp3) is 0.467. The molecule has 0 aliphatic carbocycles. The van der Waals surface area contributed by atoms with Gasteiger partial charge in [0.2, 0.25) is 0 Å². The number of morpholine rings is 1. The van der Waals surface area contributed by atoms with Crippen LogP contribution in [-0.4, -0.2) is 61.7 Å². The Morgan fingerprint density at radius 3 is 2.91 bits per heavy atom. The normalized spacial score (nSPS) is 20.8. The third-order valence-electron chi connectivity index (χ3n) is 3.60. The van der Waals surface area contributed by atoms with Crippen LogP contribution in [0, 0.1) is 0 Å². The van der Waals surface area contributed by atoms with Gasteiger partial charge in [0.15, 0.2) is 5.88 Å². The number of anilines is 1. The summed E-state index contributed by atoms with van der Waals surface area (Å²) in [5.74, 6) is 1.36. The van der Waals surface area contributed by atoms with Gasteiger partial charge in [-0.05, 0) is 6.07 Å². The molecule has 6 nitrogen and oxygen atoms in total. The molecule has 0 atom stereocenters. The van der Waals surface area contributed by atoms with Crippen molar-refractivity contribution >= 4 is 46.2 Å². The van der Waals surface area contributed by atoms with Crippen LogP contribution < -0.4 is 4.90 Å². The molecule has 2 fully saturated rings. The number of hydrogen-bond donors (Lipinski definition) is 0. The molecule has 124 valence electrons. The second kappa shape index (κ2) is 7.48. The van der Waals surface area contributed by atoms with Crippen molar-refractivity contribution in [1.29, 1.82) is 0 Å². The number of rotatable bonds is 5. The van der Waals surface area contributed by atoms with Crippen LogP contribution in [0.2, 0.25) is 0 Å². The molecule has 0 aromatic carbocycles. The Hall–Kier alpha value is -1.35. The Balaban J connectivity index is 1.70. The Morgan fingerprint density at radius 1 is 1.39 bits per heavy atom. The highest BCUT2D eigenvalue weighted by Crippen LogP contribution is 2.33. The second-order valence-corrected chi connectivity index (χ2v) is 6.78. The van der Waals surface area contributed by atoms with Gasteiger partial charge in [0, 0.05) is 32.3 Å². The first-order valence-electron chi connectivity index (χ1n) is 7.36. The molecule has 3 heterocycles. The van der Waals surface area contributed by atoms with Crippen LogP contribution >= 0.6 is 24.0 Å². The molecule has 2 saturated heterocycles. The molecule has 2 aliphatic heterocycles. The van der Waals surface area contributed by atoms with Crippen molar-refractivity contribution in [2.75, 3.05) is 51.5 Å². The second-order valence-electron chi connectivity index (χ2n) is 5.10. The first kappa shape index (κ1) is 16.5. The van der Waals surface area contributed by atoms with E-state index in [1.54, 1.807) is 18.1 Å². The van der Waals surface area contributed by atoms with E-state index in [9.17, 15) is 4.79 Å². The van der Waals surface area contributed by atoms with E-state index in [1.165, 1.54) is 11.8 Å². The lowest BCUT2D eigenvalue weighted by atomic mass is 10.3. The van der Waals surface area contributed by atoms with Gasteiger partial charge < -0.3 is 18.8 Å². The van der Waals surface area contributed by atoms with Crippen LogP contribution in [0.1, 0.15) is 5.76 Å². The molecule has 0 spiro atoms. The molecule has 0 N–H and O–H groups in total. The Labute approximate surface area is 144 Å². The minimum absolute atomic E-state index is 0.0960. The lowest BCUT2D eigenvalue weighted by Gasteiger charge is -2.26. The number of amides is 1. The zero-order chi connectivity index (χ0) is 16.2. The van der Waals surface area contributed by atoms with Gasteiger partial charge in [-0.15, -0.1) is 0 Å². The highest BCUT2D eigenvalue weighted by Gasteiger charge is 2.31. The highest BCUT2D eigenvalue weighted by atomic mass is 32.2. The summed E-state index contributed by atoms with van der Waals surface area (Å²) in [4.78, 5) is 16.6. The van der Waals surface area contributed by atoms with Crippen LogP contribution in [-0.2, 0) is 14.3 Å². The van der Waals surface area contributed by atoms with Gasteiger partial charge in [-0.25, -0.2) is 0 Å². The van der Waals surface area contributed by atoms with Crippen molar-refractivity contribution in [3.05, 3.63) is 22.8 Å². The zero-order valence-corrected chi connectivity index (χ0v) is 14.5. The van der Waals surface area contributed by atoms with Gasteiger partial charge in [0.05, 0.1) is 31.3 Å². The largest absolute Gasteiger partial charge is 0.441 e. The quantitative estimate of drug-likeness (QED) is 0.592. The number of ether oxygens (including phenoxy) is 2. The van der Waals surface area contributed by atoms with Crippen LogP contribution in [0.25, 0.3) is 6.08 Å². The Kier molecular flexibility index (Phi) is 5.37. The topological polar surface area (TPSA) is 55.2 Å². The maximum Gasteiger partial charge on any atom is 0.266 e. The third kappa shape index (κ3) is 3.77. The van der Waals surface area contributed by atoms with Crippen molar-refractivity contribution in [1.82, 2.24) is 4.90 Å². The van der Waals surface area contributed by atoms with Crippen molar-refractivity contribution in [3.8, 4) is 0 Å². The average molecular weight is 354 g/mol. The third-order valence-corrected chi connectivity index (χ3v) is 4.98. The number of nitrogens with zero attached hydrogens (tertiary/aromatic N) is 2. The maximum atomic E-state index is 12.4. The smallest absolute Gasteiger partial charge is 0.266 e. The Bertz CT molecular complexity index is 623. The Morgan fingerprint density at radius 2 is 2.17 bits per heavy atom. The molecule has 1 aromatic heterocycles. The molecule has 3 rings (SSSR count). The van der Waals surface area contributed by atoms with E-state index in [4.69, 9.17) is 26.1 Å². The summed E-state index contributed by atoms with van der Waals surface area (Å²) < 4.78 is 16.7. The molecule has 0 unspecified atom stereocenters. The molecular weight excluding hydrogens is 336 g/mol. The van der Waals surface area contributed by atoms with E-state index in [-0.39, 0.29) is 5.91 Å². The lowest BCUT2D eigenvalue weighted by Crippen LogP contribution is -2.35. The van der Waals surface area contributed by atoms with Crippen molar-refractivity contribution in [2.24, 2.45) is 0 Å². The monoisotopic (exact) mass is 354 g/mol. The minimum Gasteiger partial charge on any atom is -0.441 e. The average Bonchev–Trinajstić information content (AvgIpc) is 3.13. The fourth-order valence-corrected chi connectivity index (χ4v) is 3.67. The number of carbonyl (C=O) groups excluding carboxylic acids is 1. The summed E-state index contributed by atoms with van der Waals surface area (Å²) in [6, 6.07) is 3.79. The summed E-state index contributed by atoms with van der Waals surface area (Å²) in [6.07, 6.45) is 1.75. The van der Waals surface area contributed by atoms with E-state index in [0.717, 1.165) is 19.0 Å². The predicted molar refractivity (Wildman–Crippen MR) is 93.5 cm³/mol. The van der Waals surface area contributed by atoms with E-state index < -0.39 is 0 Å². The lowest BCUT2D eigenvalue weighted by molar-refractivity contribution is -0.122. The van der Waals surface area contributed by atoms with Gasteiger partial charge in [0.1, 0.15) is 10.1 Å². The summed E-state index contributed by atoms with van der Waals surface area (Å²) in [5, 5.41) is 0. The first-order chi connectivity index (χ1) is 11.2.